The molecule has 0 spiro atoms. The first kappa shape index (κ1) is 23.7. The molecule has 0 aliphatic carbocycles. The number of methoxy groups -OCH3 is 3. The molecule has 172 valence electrons. The fraction of sp³-hybridized carbons (Fsp3) is 0.423. The van der Waals surface area contributed by atoms with Gasteiger partial charge in [0.2, 0.25) is 0 Å². The third-order valence-electron chi connectivity index (χ3n) is 6.04. The molecule has 2 aromatic rings. The van der Waals surface area contributed by atoms with Crippen molar-refractivity contribution in [2.24, 2.45) is 11.8 Å². The van der Waals surface area contributed by atoms with Crippen LogP contribution in [0.15, 0.2) is 54.1 Å². The van der Waals surface area contributed by atoms with Crippen molar-refractivity contribution in [3.63, 3.8) is 0 Å². The maximum absolute atomic E-state index is 12.3. The fourth-order valence-corrected chi connectivity index (χ4v) is 4.01. The molecule has 1 aliphatic rings. The molecule has 0 amide bonds. The van der Waals surface area contributed by atoms with Crippen LogP contribution < -0.4 is 14.2 Å². The summed E-state index contributed by atoms with van der Waals surface area (Å²) in [4.78, 5) is 12.3. The first-order valence-corrected chi connectivity index (χ1v) is 10.8. The summed E-state index contributed by atoms with van der Waals surface area (Å²) in [5.74, 6) is 2.09. The zero-order valence-electron chi connectivity index (χ0n) is 19.4. The second kappa shape index (κ2) is 11.0. The highest BCUT2D eigenvalue weighted by Crippen LogP contribution is 2.41. The average Bonchev–Trinajstić information content (AvgIpc) is 3.23. The molecule has 3 rings (SSSR count). The van der Waals surface area contributed by atoms with E-state index in [1.807, 2.05) is 49.4 Å². The minimum atomic E-state index is -0.294. The molecule has 32 heavy (non-hydrogen) atoms. The zero-order valence-corrected chi connectivity index (χ0v) is 19.4. The normalized spacial score (nSPS) is 20.7. The number of hydrogen-bond donors (Lipinski definition) is 0. The minimum Gasteiger partial charge on any atom is -0.497 e. The number of hydrogen-bond acceptors (Lipinski definition) is 6. The van der Waals surface area contributed by atoms with Crippen molar-refractivity contribution in [1.29, 1.82) is 0 Å². The monoisotopic (exact) mass is 440 g/mol. The zero-order chi connectivity index (χ0) is 23.1. The van der Waals surface area contributed by atoms with Crippen molar-refractivity contribution in [2.45, 2.75) is 26.4 Å². The van der Waals surface area contributed by atoms with E-state index in [4.69, 9.17) is 23.7 Å². The van der Waals surface area contributed by atoms with Gasteiger partial charge in [0, 0.05) is 11.5 Å². The summed E-state index contributed by atoms with van der Waals surface area (Å²) in [7, 11) is 4.90. The second-order valence-electron chi connectivity index (χ2n) is 7.91. The van der Waals surface area contributed by atoms with Gasteiger partial charge in [-0.05, 0) is 61.6 Å². The number of carbonyl (C=O) groups excluding carboxylic acids is 1. The Morgan fingerprint density at radius 2 is 1.75 bits per heavy atom. The summed E-state index contributed by atoms with van der Waals surface area (Å²) in [6, 6.07) is 13.8. The first-order chi connectivity index (χ1) is 15.5. The van der Waals surface area contributed by atoms with Gasteiger partial charge >= 0.3 is 5.97 Å². The van der Waals surface area contributed by atoms with Crippen LogP contribution in [0.2, 0.25) is 0 Å². The van der Waals surface area contributed by atoms with Gasteiger partial charge in [0.1, 0.15) is 5.75 Å². The van der Waals surface area contributed by atoms with Crippen LogP contribution in [0.5, 0.6) is 17.2 Å². The van der Waals surface area contributed by atoms with Gasteiger partial charge in [0.05, 0.1) is 40.6 Å². The third-order valence-corrected chi connectivity index (χ3v) is 6.04. The van der Waals surface area contributed by atoms with Crippen molar-refractivity contribution < 1.29 is 28.5 Å². The van der Waals surface area contributed by atoms with E-state index in [1.54, 1.807) is 34.3 Å². The summed E-state index contributed by atoms with van der Waals surface area (Å²) in [5, 5.41) is 0. The molecule has 2 aromatic carbocycles. The third kappa shape index (κ3) is 5.43. The minimum absolute atomic E-state index is 0.0186. The van der Waals surface area contributed by atoms with Gasteiger partial charge in [-0.15, -0.1) is 0 Å². The van der Waals surface area contributed by atoms with Gasteiger partial charge in [-0.25, -0.2) is 4.79 Å². The van der Waals surface area contributed by atoms with Crippen molar-refractivity contribution in [2.75, 3.05) is 34.5 Å². The maximum atomic E-state index is 12.3. The fourth-order valence-electron chi connectivity index (χ4n) is 4.01. The molecule has 6 nitrogen and oxygen atoms in total. The van der Waals surface area contributed by atoms with Crippen LogP contribution in [0, 0.1) is 11.8 Å². The molecule has 1 aliphatic heterocycles. The van der Waals surface area contributed by atoms with Crippen molar-refractivity contribution in [3.8, 4) is 17.2 Å². The maximum Gasteiger partial charge on any atom is 0.333 e. The summed E-state index contributed by atoms with van der Waals surface area (Å²) < 4.78 is 28.0. The van der Waals surface area contributed by atoms with Gasteiger partial charge in [-0.3, -0.25) is 0 Å². The van der Waals surface area contributed by atoms with Gasteiger partial charge in [-0.1, -0.05) is 24.3 Å². The van der Waals surface area contributed by atoms with E-state index in [9.17, 15) is 4.79 Å². The van der Waals surface area contributed by atoms with E-state index < -0.39 is 0 Å². The molecule has 0 aromatic heterocycles. The lowest BCUT2D eigenvalue weighted by molar-refractivity contribution is -0.141. The van der Waals surface area contributed by atoms with Gasteiger partial charge in [0.25, 0.3) is 0 Å². The number of benzene rings is 2. The molecule has 0 N–H and O–H groups in total. The highest BCUT2D eigenvalue weighted by Gasteiger charge is 2.39. The molecule has 1 heterocycles. The lowest BCUT2D eigenvalue weighted by Gasteiger charge is -2.23. The van der Waals surface area contributed by atoms with E-state index in [1.165, 1.54) is 0 Å². The molecule has 6 heteroatoms. The van der Waals surface area contributed by atoms with Crippen LogP contribution in [0.1, 0.15) is 31.1 Å². The molecule has 3 atom stereocenters. The Hall–Kier alpha value is -2.99. The number of ether oxygens (including phenoxy) is 5. The molecule has 0 bridgehead atoms. The average molecular weight is 441 g/mol. The Labute approximate surface area is 190 Å². The van der Waals surface area contributed by atoms with E-state index in [0.717, 1.165) is 23.3 Å². The number of carbonyl (C=O) groups is 1. The van der Waals surface area contributed by atoms with Crippen molar-refractivity contribution in [3.05, 3.63) is 65.2 Å². The largest absolute Gasteiger partial charge is 0.497 e. The molecule has 0 saturated carbocycles. The van der Waals surface area contributed by atoms with E-state index in [0.29, 0.717) is 30.3 Å². The van der Waals surface area contributed by atoms with E-state index in [-0.39, 0.29) is 23.9 Å². The van der Waals surface area contributed by atoms with Crippen LogP contribution in [-0.2, 0) is 20.7 Å². The van der Waals surface area contributed by atoms with Crippen LogP contribution in [0.3, 0.4) is 0 Å². The van der Waals surface area contributed by atoms with Gasteiger partial charge in [-0.2, -0.15) is 0 Å². The lowest BCUT2D eigenvalue weighted by atomic mass is 9.84. The highest BCUT2D eigenvalue weighted by atomic mass is 16.5. The predicted octanol–water partition coefficient (Wildman–Crippen LogP) is 4.77. The number of allylic oxidation sites excluding steroid dienone is 1. The quantitative estimate of drug-likeness (QED) is 0.414. The number of esters is 1. The topological polar surface area (TPSA) is 63.2 Å². The Balaban J connectivity index is 1.82. The van der Waals surface area contributed by atoms with E-state index >= 15 is 0 Å². The summed E-state index contributed by atoms with van der Waals surface area (Å²) in [6.45, 7) is 4.46. The Morgan fingerprint density at radius 3 is 2.38 bits per heavy atom. The molecular weight excluding hydrogens is 408 g/mol. The SMILES string of the molecule is CC=C(C)C(=O)OC[C@H]1[C@@H](Cc2ccc(OC)c(OC)c2)CO[C@@H]1c1ccc(OC)cc1. The van der Waals surface area contributed by atoms with Crippen LogP contribution >= 0.6 is 0 Å². The molecular formula is C26H32O6. The highest BCUT2D eigenvalue weighted by molar-refractivity contribution is 5.87. The van der Waals surface area contributed by atoms with Gasteiger partial charge < -0.3 is 23.7 Å². The number of rotatable bonds is 9. The second-order valence-corrected chi connectivity index (χ2v) is 7.91. The predicted molar refractivity (Wildman–Crippen MR) is 122 cm³/mol. The standard InChI is InChI=1S/C26H32O6/c1-6-17(2)26(27)32-16-22-20(13-18-7-12-23(29-4)24(14-18)30-5)15-31-25(22)19-8-10-21(28-3)11-9-19/h6-12,14,20,22,25H,13,15-16H2,1-5H3/t20-,22-,25+/m0/s1. The first-order valence-electron chi connectivity index (χ1n) is 10.8. The van der Waals surface area contributed by atoms with Crippen LogP contribution in [0.4, 0.5) is 0 Å². The van der Waals surface area contributed by atoms with E-state index in [2.05, 4.69) is 0 Å². The molecule has 1 fully saturated rings. The summed E-state index contributed by atoms with van der Waals surface area (Å²) in [5.41, 5.74) is 2.76. The van der Waals surface area contributed by atoms with Crippen LogP contribution in [0.25, 0.3) is 0 Å². The summed E-state index contributed by atoms with van der Waals surface area (Å²) >= 11 is 0. The Morgan fingerprint density at radius 1 is 1.03 bits per heavy atom. The van der Waals surface area contributed by atoms with Crippen molar-refractivity contribution >= 4 is 5.97 Å². The van der Waals surface area contributed by atoms with Crippen LogP contribution in [-0.4, -0.2) is 40.5 Å². The molecule has 1 saturated heterocycles. The molecule has 0 radical (unpaired) electrons. The lowest BCUT2D eigenvalue weighted by Crippen LogP contribution is -2.24. The summed E-state index contributed by atoms with van der Waals surface area (Å²) in [6.07, 6.45) is 2.37. The Bertz CT molecular complexity index is 934. The van der Waals surface area contributed by atoms with Gasteiger partial charge in [0.15, 0.2) is 11.5 Å². The van der Waals surface area contributed by atoms with Crippen molar-refractivity contribution in [1.82, 2.24) is 0 Å². The Kier molecular flexibility index (Phi) is 8.17. The molecule has 0 unspecified atom stereocenters. The smallest absolute Gasteiger partial charge is 0.333 e.